The normalized spacial score (nSPS) is 10.6. The average molecular weight is 261 g/mol. The van der Waals surface area contributed by atoms with E-state index in [1.54, 1.807) is 6.20 Å². The molecule has 18 heavy (non-hydrogen) atoms. The molecule has 0 saturated carbocycles. The lowest BCUT2D eigenvalue weighted by Gasteiger charge is -2.07. The van der Waals surface area contributed by atoms with Crippen LogP contribution in [0.15, 0.2) is 30.5 Å². The van der Waals surface area contributed by atoms with Crippen molar-refractivity contribution in [2.24, 2.45) is 5.92 Å². The Labute approximate surface area is 110 Å². The predicted octanol–water partition coefficient (Wildman–Crippen LogP) is 3.19. The molecule has 1 N–H and O–H groups in total. The zero-order chi connectivity index (χ0) is 13.0. The molecule has 2 rings (SSSR count). The van der Waals surface area contributed by atoms with Gasteiger partial charge in [0.1, 0.15) is 0 Å². The van der Waals surface area contributed by atoms with Crippen LogP contribution in [0, 0.1) is 5.92 Å². The van der Waals surface area contributed by atoms with Crippen LogP contribution in [0.2, 0.25) is 0 Å². The molecule has 0 radical (unpaired) electrons. The first-order chi connectivity index (χ1) is 8.65. The predicted molar refractivity (Wildman–Crippen MR) is 73.4 cm³/mol. The van der Waals surface area contributed by atoms with Gasteiger partial charge in [0.2, 0.25) is 5.91 Å². The van der Waals surface area contributed by atoms with Gasteiger partial charge in [-0.2, -0.15) is 0 Å². The van der Waals surface area contributed by atoms with Crippen LogP contribution in [0.1, 0.15) is 20.3 Å². The maximum atomic E-state index is 11.6. The summed E-state index contributed by atoms with van der Waals surface area (Å²) in [4.78, 5) is 12.6. The zero-order valence-corrected chi connectivity index (χ0v) is 11.2. The van der Waals surface area contributed by atoms with E-state index in [4.69, 9.17) is 0 Å². The Morgan fingerprint density at radius 1 is 1.33 bits per heavy atom. The first kappa shape index (κ1) is 12.7. The molecule has 0 aliphatic heterocycles. The smallest absolute Gasteiger partial charge is 0.224 e. The molecule has 94 valence electrons. The SMILES string of the molecule is CC(C)CC(=O)Nc1ccc(-c2cnns2)cc1. The van der Waals surface area contributed by atoms with Crippen LogP contribution in [0.4, 0.5) is 5.69 Å². The van der Waals surface area contributed by atoms with Gasteiger partial charge in [0.25, 0.3) is 0 Å². The van der Waals surface area contributed by atoms with Crippen LogP contribution in [-0.2, 0) is 4.79 Å². The molecule has 5 heteroatoms. The van der Waals surface area contributed by atoms with E-state index in [9.17, 15) is 4.79 Å². The van der Waals surface area contributed by atoms with Crippen molar-refractivity contribution in [2.75, 3.05) is 5.32 Å². The van der Waals surface area contributed by atoms with Gasteiger partial charge in [-0.05, 0) is 35.1 Å². The van der Waals surface area contributed by atoms with Crippen LogP contribution >= 0.6 is 11.5 Å². The largest absolute Gasteiger partial charge is 0.326 e. The molecule has 0 atom stereocenters. The lowest BCUT2D eigenvalue weighted by molar-refractivity contribution is -0.116. The molecule has 0 aliphatic rings. The van der Waals surface area contributed by atoms with E-state index in [1.807, 2.05) is 38.1 Å². The molecule has 0 aliphatic carbocycles. The number of nitrogens with one attached hydrogen (secondary N) is 1. The lowest BCUT2D eigenvalue weighted by Crippen LogP contribution is -2.13. The Balaban J connectivity index is 2.02. The first-order valence-corrected chi connectivity index (χ1v) is 6.60. The second-order valence-corrected chi connectivity index (χ2v) is 5.29. The Morgan fingerprint density at radius 3 is 2.61 bits per heavy atom. The van der Waals surface area contributed by atoms with Crippen LogP contribution in [-0.4, -0.2) is 15.5 Å². The molecular formula is C13H15N3OS. The van der Waals surface area contributed by atoms with Crippen LogP contribution in [0.25, 0.3) is 10.4 Å². The van der Waals surface area contributed by atoms with Gasteiger partial charge in [-0.3, -0.25) is 4.79 Å². The maximum Gasteiger partial charge on any atom is 0.224 e. The van der Waals surface area contributed by atoms with E-state index < -0.39 is 0 Å². The Morgan fingerprint density at radius 2 is 2.06 bits per heavy atom. The highest BCUT2D eigenvalue weighted by atomic mass is 32.1. The number of aromatic nitrogens is 2. The van der Waals surface area contributed by atoms with Gasteiger partial charge in [-0.25, -0.2) is 0 Å². The van der Waals surface area contributed by atoms with Gasteiger partial charge in [0, 0.05) is 12.1 Å². The average Bonchev–Trinajstić information content (AvgIpc) is 2.82. The number of amides is 1. The number of nitrogens with zero attached hydrogens (tertiary/aromatic N) is 2. The fourth-order valence-electron chi connectivity index (χ4n) is 1.60. The van der Waals surface area contributed by atoms with Gasteiger partial charge < -0.3 is 5.32 Å². The molecule has 1 aromatic carbocycles. The highest BCUT2D eigenvalue weighted by Crippen LogP contribution is 2.23. The summed E-state index contributed by atoms with van der Waals surface area (Å²) in [5.41, 5.74) is 1.88. The second kappa shape index (κ2) is 5.73. The van der Waals surface area contributed by atoms with Crippen LogP contribution < -0.4 is 5.32 Å². The summed E-state index contributed by atoms with van der Waals surface area (Å²) in [6.07, 6.45) is 2.28. The standard InChI is InChI=1S/C13H15N3OS/c1-9(2)7-13(17)15-11-5-3-10(4-6-11)12-8-14-16-18-12/h3-6,8-9H,7H2,1-2H3,(H,15,17). The van der Waals surface area contributed by atoms with Crippen molar-refractivity contribution < 1.29 is 4.79 Å². The summed E-state index contributed by atoms with van der Waals surface area (Å²) in [6.45, 7) is 4.05. The Kier molecular flexibility index (Phi) is 4.04. The number of hydrogen-bond donors (Lipinski definition) is 1. The van der Waals surface area contributed by atoms with Crippen molar-refractivity contribution in [1.82, 2.24) is 9.59 Å². The van der Waals surface area contributed by atoms with Crippen molar-refractivity contribution in [1.29, 1.82) is 0 Å². The highest BCUT2D eigenvalue weighted by molar-refractivity contribution is 7.09. The molecule has 1 aromatic heterocycles. The van der Waals surface area contributed by atoms with Gasteiger partial charge in [-0.1, -0.05) is 30.5 Å². The number of carbonyl (C=O) groups excluding carboxylic acids is 1. The molecule has 0 spiro atoms. The molecule has 1 amide bonds. The summed E-state index contributed by atoms with van der Waals surface area (Å²) in [7, 11) is 0. The van der Waals surface area contributed by atoms with E-state index >= 15 is 0 Å². The monoisotopic (exact) mass is 261 g/mol. The van der Waals surface area contributed by atoms with E-state index in [-0.39, 0.29) is 5.91 Å². The quantitative estimate of drug-likeness (QED) is 0.919. The van der Waals surface area contributed by atoms with Crippen molar-refractivity contribution in [3.8, 4) is 10.4 Å². The molecule has 1 heterocycles. The number of benzene rings is 1. The molecule has 0 fully saturated rings. The summed E-state index contributed by atoms with van der Waals surface area (Å²) >= 11 is 1.36. The minimum Gasteiger partial charge on any atom is -0.326 e. The van der Waals surface area contributed by atoms with Gasteiger partial charge >= 0.3 is 0 Å². The summed E-state index contributed by atoms with van der Waals surface area (Å²) < 4.78 is 3.82. The molecule has 0 bridgehead atoms. The van der Waals surface area contributed by atoms with Crippen LogP contribution in [0.3, 0.4) is 0 Å². The van der Waals surface area contributed by atoms with Crippen molar-refractivity contribution in [3.05, 3.63) is 30.5 Å². The minimum atomic E-state index is 0.0530. The number of carbonyl (C=O) groups is 1. The van der Waals surface area contributed by atoms with Gasteiger partial charge in [0.05, 0.1) is 11.1 Å². The molecule has 0 saturated heterocycles. The van der Waals surface area contributed by atoms with E-state index in [0.29, 0.717) is 12.3 Å². The highest BCUT2D eigenvalue weighted by Gasteiger charge is 2.06. The lowest BCUT2D eigenvalue weighted by atomic mass is 10.1. The van der Waals surface area contributed by atoms with Gasteiger partial charge in [-0.15, -0.1) is 5.10 Å². The molecule has 0 unspecified atom stereocenters. The Bertz CT molecular complexity index is 506. The first-order valence-electron chi connectivity index (χ1n) is 5.83. The Hall–Kier alpha value is -1.75. The third kappa shape index (κ3) is 3.37. The van der Waals surface area contributed by atoms with Crippen molar-refractivity contribution in [3.63, 3.8) is 0 Å². The van der Waals surface area contributed by atoms with E-state index in [2.05, 4.69) is 14.9 Å². The fraction of sp³-hybridized carbons (Fsp3) is 0.308. The van der Waals surface area contributed by atoms with Crippen molar-refractivity contribution in [2.45, 2.75) is 20.3 Å². The summed E-state index contributed by atoms with van der Waals surface area (Å²) in [6, 6.07) is 7.71. The van der Waals surface area contributed by atoms with E-state index in [0.717, 1.165) is 16.1 Å². The van der Waals surface area contributed by atoms with Crippen molar-refractivity contribution >= 4 is 23.1 Å². The van der Waals surface area contributed by atoms with Crippen LogP contribution in [0.5, 0.6) is 0 Å². The maximum absolute atomic E-state index is 11.6. The summed E-state index contributed by atoms with van der Waals surface area (Å²) in [5, 5.41) is 6.68. The molecule has 4 nitrogen and oxygen atoms in total. The molecular weight excluding hydrogens is 246 g/mol. The minimum absolute atomic E-state index is 0.0530. The topological polar surface area (TPSA) is 54.9 Å². The van der Waals surface area contributed by atoms with Gasteiger partial charge in [0.15, 0.2) is 0 Å². The fourth-order valence-corrected chi connectivity index (χ4v) is 2.11. The molecule has 2 aromatic rings. The zero-order valence-electron chi connectivity index (χ0n) is 10.4. The summed E-state index contributed by atoms with van der Waals surface area (Å²) in [5.74, 6) is 0.421. The number of hydrogen-bond acceptors (Lipinski definition) is 4. The number of anilines is 1. The van der Waals surface area contributed by atoms with E-state index in [1.165, 1.54) is 11.5 Å². The second-order valence-electron chi connectivity index (χ2n) is 4.51. The third-order valence-electron chi connectivity index (χ3n) is 2.41. The third-order valence-corrected chi connectivity index (χ3v) is 3.12. The number of rotatable bonds is 4.